The van der Waals surface area contributed by atoms with Crippen LogP contribution in [0.25, 0.3) is 0 Å². The van der Waals surface area contributed by atoms with E-state index in [1.165, 1.54) is 26.0 Å². The molecule has 0 spiro atoms. The van der Waals surface area contributed by atoms with Crippen LogP contribution in [0.15, 0.2) is 6.07 Å². The number of piperazine rings is 1. The summed E-state index contributed by atoms with van der Waals surface area (Å²) in [5.74, 6) is 0.229. The first kappa shape index (κ1) is 21.8. The van der Waals surface area contributed by atoms with Crippen LogP contribution in [0.4, 0.5) is 0 Å². The van der Waals surface area contributed by atoms with Crippen LogP contribution >= 0.6 is 0 Å². The van der Waals surface area contributed by atoms with Crippen molar-refractivity contribution >= 4 is 17.7 Å². The molecule has 2 heterocycles. The molecule has 0 radical (unpaired) electrons. The zero-order valence-corrected chi connectivity index (χ0v) is 17.7. The lowest BCUT2D eigenvalue weighted by molar-refractivity contribution is -0.171. The number of amides is 3. The molecule has 0 aliphatic carbocycles. The van der Waals surface area contributed by atoms with Crippen molar-refractivity contribution in [3.8, 4) is 17.2 Å². The summed E-state index contributed by atoms with van der Waals surface area (Å²) in [6.45, 7) is 4.50. The number of fused-ring (bicyclic) bond motifs is 1. The molecular weight excluding hydrogens is 396 g/mol. The van der Waals surface area contributed by atoms with Crippen molar-refractivity contribution in [1.29, 1.82) is 0 Å². The fourth-order valence-electron chi connectivity index (χ4n) is 3.72. The maximum atomic E-state index is 13.1. The Kier molecular flexibility index (Phi) is 6.47. The van der Waals surface area contributed by atoms with Crippen molar-refractivity contribution in [3.63, 3.8) is 0 Å². The first-order valence-corrected chi connectivity index (χ1v) is 9.49. The van der Waals surface area contributed by atoms with Gasteiger partial charge in [0.15, 0.2) is 18.3 Å². The van der Waals surface area contributed by atoms with Crippen LogP contribution in [0.3, 0.4) is 0 Å². The van der Waals surface area contributed by atoms with Crippen molar-refractivity contribution < 1.29 is 38.1 Å². The van der Waals surface area contributed by atoms with Gasteiger partial charge in [0.2, 0.25) is 18.6 Å². The number of nitrogens with zero attached hydrogens (tertiary/aromatic N) is 2. The smallest absolute Gasteiger partial charge is 0.252 e. The lowest BCUT2D eigenvalue weighted by Gasteiger charge is -2.41. The molecule has 1 fully saturated rings. The third-order valence-electron chi connectivity index (χ3n) is 5.24. The third-order valence-corrected chi connectivity index (χ3v) is 5.24. The lowest BCUT2D eigenvalue weighted by Crippen LogP contribution is -2.64. The normalized spacial score (nSPS) is 19.3. The van der Waals surface area contributed by atoms with Crippen LogP contribution < -0.4 is 14.2 Å². The minimum absolute atomic E-state index is 0.0111. The van der Waals surface area contributed by atoms with Gasteiger partial charge in [0, 0.05) is 38.7 Å². The van der Waals surface area contributed by atoms with Gasteiger partial charge < -0.3 is 28.6 Å². The molecule has 0 saturated carbocycles. The molecule has 164 valence electrons. The molecule has 10 nitrogen and oxygen atoms in total. The van der Waals surface area contributed by atoms with Gasteiger partial charge in [-0.3, -0.25) is 19.3 Å². The SMILES string of the molecule is COCOc1c(CC2C(=O)N(C(C)=O)CC(=O)N2C(C)OC)cc2c(c1C)OCO2. The molecule has 2 aliphatic heterocycles. The van der Waals surface area contributed by atoms with Gasteiger partial charge in [-0.2, -0.15) is 0 Å². The Bertz CT molecular complexity index is 856. The highest BCUT2D eigenvalue weighted by Gasteiger charge is 2.44. The fraction of sp³-hybridized carbons (Fsp3) is 0.550. The molecule has 1 aromatic rings. The van der Waals surface area contributed by atoms with E-state index in [1.54, 1.807) is 13.0 Å². The third kappa shape index (κ3) is 3.92. The highest BCUT2D eigenvalue weighted by molar-refractivity contribution is 6.04. The summed E-state index contributed by atoms with van der Waals surface area (Å²) in [6.07, 6.45) is -0.558. The minimum Gasteiger partial charge on any atom is -0.467 e. The molecule has 2 atom stereocenters. The second-order valence-corrected chi connectivity index (χ2v) is 7.07. The van der Waals surface area contributed by atoms with Gasteiger partial charge in [0.05, 0.1) is 0 Å². The number of carbonyl (C=O) groups is 3. The van der Waals surface area contributed by atoms with Gasteiger partial charge >= 0.3 is 0 Å². The Morgan fingerprint density at radius 2 is 2.03 bits per heavy atom. The van der Waals surface area contributed by atoms with Gasteiger partial charge in [0.1, 0.15) is 24.6 Å². The zero-order chi connectivity index (χ0) is 22.0. The number of ether oxygens (including phenoxy) is 5. The Hall–Kier alpha value is -2.85. The van der Waals surface area contributed by atoms with Gasteiger partial charge in [0.25, 0.3) is 5.91 Å². The van der Waals surface area contributed by atoms with Crippen molar-refractivity contribution in [2.45, 2.75) is 39.5 Å². The molecule has 3 rings (SSSR count). The summed E-state index contributed by atoms with van der Waals surface area (Å²) in [4.78, 5) is 40.2. The van der Waals surface area contributed by atoms with Crippen molar-refractivity contribution in [2.24, 2.45) is 0 Å². The first-order chi connectivity index (χ1) is 14.3. The zero-order valence-electron chi connectivity index (χ0n) is 17.7. The fourth-order valence-corrected chi connectivity index (χ4v) is 3.72. The molecule has 1 aromatic carbocycles. The molecular formula is C20H26N2O8. The van der Waals surface area contributed by atoms with Gasteiger partial charge in [-0.1, -0.05) is 0 Å². The van der Waals surface area contributed by atoms with E-state index in [1.807, 2.05) is 6.92 Å². The van der Waals surface area contributed by atoms with Crippen LogP contribution in [0, 0.1) is 6.92 Å². The molecule has 0 N–H and O–H groups in total. The van der Waals surface area contributed by atoms with E-state index in [0.717, 1.165) is 4.90 Å². The van der Waals surface area contributed by atoms with Crippen LogP contribution in [0.2, 0.25) is 0 Å². The standard InChI is InChI=1S/C20H26N2O8/c1-11-18(29-9-26-4)14(7-16-19(11)30-10-28-16)6-15-20(25)21(12(2)23)8-17(24)22(15)13(3)27-5/h7,13,15H,6,8-10H2,1-5H3. The summed E-state index contributed by atoms with van der Waals surface area (Å²) >= 11 is 0. The monoisotopic (exact) mass is 422 g/mol. The van der Waals surface area contributed by atoms with Gasteiger partial charge in [-0.15, -0.1) is 0 Å². The van der Waals surface area contributed by atoms with E-state index in [0.29, 0.717) is 28.4 Å². The predicted octanol–water partition coefficient (Wildman–Crippen LogP) is 0.827. The molecule has 3 amide bonds. The predicted molar refractivity (Wildman–Crippen MR) is 103 cm³/mol. The van der Waals surface area contributed by atoms with Crippen LogP contribution in [0.1, 0.15) is 25.0 Å². The number of hydrogen-bond donors (Lipinski definition) is 0. The molecule has 10 heteroatoms. The van der Waals surface area contributed by atoms with E-state index < -0.39 is 24.1 Å². The van der Waals surface area contributed by atoms with E-state index in [-0.39, 0.29) is 32.5 Å². The summed E-state index contributed by atoms with van der Waals surface area (Å²) in [5, 5.41) is 0. The molecule has 2 aliphatic rings. The number of imide groups is 1. The molecule has 2 unspecified atom stereocenters. The minimum atomic E-state index is -0.949. The first-order valence-electron chi connectivity index (χ1n) is 9.49. The number of methoxy groups -OCH3 is 2. The second-order valence-electron chi connectivity index (χ2n) is 7.07. The summed E-state index contributed by atoms with van der Waals surface area (Å²) in [6, 6.07) is 0.773. The van der Waals surface area contributed by atoms with Crippen molar-refractivity contribution in [1.82, 2.24) is 9.80 Å². The van der Waals surface area contributed by atoms with Crippen LogP contribution in [-0.4, -0.2) is 74.1 Å². The summed E-state index contributed by atoms with van der Waals surface area (Å²) in [7, 11) is 2.95. The average molecular weight is 422 g/mol. The summed E-state index contributed by atoms with van der Waals surface area (Å²) < 4.78 is 27.1. The molecule has 0 aromatic heterocycles. The maximum Gasteiger partial charge on any atom is 0.252 e. The molecule has 0 bridgehead atoms. The Morgan fingerprint density at radius 3 is 2.67 bits per heavy atom. The van der Waals surface area contributed by atoms with E-state index >= 15 is 0 Å². The number of benzene rings is 1. The Labute approximate surface area is 174 Å². The number of carbonyl (C=O) groups excluding carboxylic acids is 3. The van der Waals surface area contributed by atoms with E-state index in [2.05, 4.69) is 0 Å². The second kappa shape index (κ2) is 8.88. The van der Waals surface area contributed by atoms with E-state index in [9.17, 15) is 14.4 Å². The van der Waals surface area contributed by atoms with Crippen molar-refractivity contribution in [2.75, 3.05) is 34.4 Å². The summed E-state index contributed by atoms with van der Waals surface area (Å²) in [5.41, 5.74) is 1.32. The van der Waals surface area contributed by atoms with Crippen LogP contribution in [-0.2, 0) is 30.3 Å². The Balaban J connectivity index is 2.04. The maximum absolute atomic E-state index is 13.1. The molecule has 1 saturated heterocycles. The Morgan fingerprint density at radius 1 is 1.30 bits per heavy atom. The van der Waals surface area contributed by atoms with Crippen molar-refractivity contribution in [3.05, 3.63) is 17.2 Å². The van der Waals surface area contributed by atoms with Gasteiger partial charge in [-0.05, 0) is 19.9 Å². The lowest BCUT2D eigenvalue weighted by atomic mass is 9.97. The largest absolute Gasteiger partial charge is 0.467 e. The number of rotatable bonds is 7. The van der Waals surface area contributed by atoms with Crippen LogP contribution in [0.5, 0.6) is 17.2 Å². The highest BCUT2D eigenvalue weighted by atomic mass is 16.7. The average Bonchev–Trinajstić information content (AvgIpc) is 3.18. The quantitative estimate of drug-likeness (QED) is 0.595. The molecule has 30 heavy (non-hydrogen) atoms. The number of hydrogen-bond acceptors (Lipinski definition) is 8. The van der Waals surface area contributed by atoms with E-state index in [4.69, 9.17) is 23.7 Å². The topological polar surface area (TPSA) is 104 Å². The van der Waals surface area contributed by atoms with Gasteiger partial charge in [-0.25, -0.2) is 0 Å². The highest BCUT2D eigenvalue weighted by Crippen LogP contribution is 2.43.